The average molecular weight is 454 g/mol. The van der Waals surface area contributed by atoms with Crippen molar-refractivity contribution in [2.45, 2.75) is 5.03 Å². The summed E-state index contributed by atoms with van der Waals surface area (Å²) in [7, 11) is -4.33. The van der Waals surface area contributed by atoms with Crippen LogP contribution in [0.1, 0.15) is 0 Å². The Morgan fingerprint density at radius 3 is 2.52 bits per heavy atom. The van der Waals surface area contributed by atoms with Crippen LogP contribution in [0.3, 0.4) is 0 Å². The second kappa shape index (κ2) is 7.43. The lowest BCUT2D eigenvalue weighted by Gasteiger charge is -2.00. The zero-order valence-electron chi connectivity index (χ0n) is 14.3. The van der Waals surface area contributed by atoms with Gasteiger partial charge in [-0.25, -0.2) is 18.9 Å². The fourth-order valence-electron chi connectivity index (χ4n) is 2.49. The van der Waals surface area contributed by atoms with Crippen LogP contribution in [-0.4, -0.2) is 18.7 Å². The van der Waals surface area contributed by atoms with Crippen LogP contribution < -0.4 is 15.0 Å². The summed E-state index contributed by atoms with van der Waals surface area (Å²) in [6.45, 7) is 0. The third-order valence-corrected chi connectivity index (χ3v) is 6.27. The molecule has 0 aliphatic rings. The Hall–Kier alpha value is -3.02. The van der Waals surface area contributed by atoms with E-state index in [1.54, 1.807) is 5.38 Å². The highest BCUT2D eigenvalue weighted by molar-refractivity contribution is 7.92. The minimum atomic E-state index is -4.33. The minimum Gasteiger partial charge on any atom is -0.281 e. The third kappa shape index (κ3) is 3.92. The lowest BCUT2D eigenvalue weighted by Crippen LogP contribution is -2.42. The summed E-state index contributed by atoms with van der Waals surface area (Å²) >= 11 is 6.86. The lowest BCUT2D eigenvalue weighted by molar-refractivity contribution is -0.705. The quantitative estimate of drug-likeness (QED) is 0.451. The standard InChI is InChI=1S/C17H10ClFN4O4S2/c18-11-3-7-13(8-4-11)23-15(16(24)27-22-23)29(25,26)21-17-20-14(9-28-17)10-1-5-12(19)6-2-10/h1-9H,(H-,20,21,22,24)/p+1. The van der Waals surface area contributed by atoms with Crippen molar-refractivity contribution in [3.05, 3.63) is 75.2 Å². The Morgan fingerprint density at radius 1 is 1.14 bits per heavy atom. The molecule has 0 amide bonds. The lowest BCUT2D eigenvalue weighted by atomic mass is 10.2. The summed E-state index contributed by atoms with van der Waals surface area (Å²) in [6.07, 6.45) is 0. The summed E-state index contributed by atoms with van der Waals surface area (Å²) in [4.78, 5) is 16.2. The summed E-state index contributed by atoms with van der Waals surface area (Å²) in [6, 6.07) is 11.7. The van der Waals surface area contributed by atoms with Crippen LogP contribution >= 0.6 is 22.9 Å². The Labute approximate surface area is 172 Å². The number of nitrogens with zero attached hydrogens (tertiary/aromatic N) is 2. The van der Waals surface area contributed by atoms with Gasteiger partial charge in [-0.1, -0.05) is 11.6 Å². The molecule has 12 heteroatoms. The Morgan fingerprint density at radius 2 is 1.83 bits per heavy atom. The molecule has 0 spiro atoms. The molecular weight excluding hydrogens is 443 g/mol. The molecule has 4 rings (SSSR count). The van der Waals surface area contributed by atoms with E-state index in [4.69, 9.17) is 11.6 Å². The SMILES string of the molecule is O=c1o[nH][n+](-c2ccc(Cl)cc2)c1S(=O)(=O)Nc1nc(-c2ccc(F)cc2)cs1. The Bertz CT molecular complexity index is 1330. The van der Waals surface area contributed by atoms with Crippen molar-refractivity contribution in [3.8, 4) is 16.9 Å². The first-order chi connectivity index (χ1) is 13.8. The maximum Gasteiger partial charge on any atom is 0.449 e. The Kier molecular flexibility index (Phi) is 4.94. The number of nitrogens with one attached hydrogen (secondary N) is 2. The molecule has 0 aliphatic carbocycles. The van der Waals surface area contributed by atoms with E-state index in [-0.39, 0.29) is 5.13 Å². The molecule has 29 heavy (non-hydrogen) atoms. The highest BCUT2D eigenvalue weighted by atomic mass is 35.5. The van der Waals surface area contributed by atoms with Gasteiger partial charge in [0.1, 0.15) is 5.82 Å². The molecule has 2 aromatic heterocycles. The molecule has 148 valence electrons. The van der Waals surface area contributed by atoms with E-state index in [2.05, 4.69) is 19.5 Å². The molecule has 0 bridgehead atoms. The fraction of sp³-hybridized carbons (Fsp3) is 0. The summed E-state index contributed by atoms with van der Waals surface area (Å²) < 4.78 is 46.6. The van der Waals surface area contributed by atoms with Crippen LogP contribution in [0.5, 0.6) is 0 Å². The monoisotopic (exact) mass is 453 g/mol. The zero-order chi connectivity index (χ0) is 20.6. The van der Waals surface area contributed by atoms with Gasteiger partial charge in [-0.3, -0.25) is 4.52 Å². The number of anilines is 1. The molecular formula is C17H11ClFN4O4S2+. The number of halogens is 2. The highest BCUT2D eigenvalue weighted by Gasteiger charge is 2.37. The molecule has 0 radical (unpaired) electrons. The van der Waals surface area contributed by atoms with Crippen molar-refractivity contribution in [2.75, 3.05) is 4.72 Å². The van der Waals surface area contributed by atoms with Gasteiger partial charge >= 0.3 is 20.7 Å². The van der Waals surface area contributed by atoms with E-state index < -0.39 is 26.5 Å². The van der Waals surface area contributed by atoms with Gasteiger partial charge in [0.05, 0.1) is 5.69 Å². The maximum absolute atomic E-state index is 13.1. The highest BCUT2D eigenvalue weighted by Crippen LogP contribution is 2.26. The largest absolute Gasteiger partial charge is 0.449 e. The number of hydrogen-bond donors (Lipinski definition) is 2. The predicted octanol–water partition coefficient (Wildman–Crippen LogP) is 2.96. The molecule has 0 saturated heterocycles. The topological polar surface area (TPSA) is 109 Å². The normalized spacial score (nSPS) is 11.5. The molecule has 0 fully saturated rings. The molecule has 0 saturated carbocycles. The number of thiazole rings is 1. The molecule has 0 unspecified atom stereocenters. The van der Waals surface area contributed by atoms with Crippen LogP contribution in [0.4, 0.5) is 9.52 Å². The first-order valence-electron chi connectivity index (χ1n) is 7.97. The summed E-state index contributed by atoms with van der Waals surface area (Å²) in [5.74, 6) is -0.393. The van der Waals surface area contributed by atoms with E-state index >= 15 is 0 Å². The van der Waals surface area contributed by atoms with E-state index in [9.17, 15) is 17.6 Å². The van der Waals surface area contributed by atoms with Gasteiger partial charge in [0.2, 0.25) is 5.69 Å². The van der Waals surface area contributed by atoms with E-state index in [0.717, 1.165) is 16.0 Å². The number of aromatic amines is 1. The van der Waals surface area contributed by atoms with Crippen molar-refractivity contribution < 1.29 is 22.0 Å². The molecule has 2 heterocycles. The van der Waals surface area contributed by atoms with Crippen LogP contribution in [-0.2, 0) is 10.0 Å². The number of hydrogen-bond acceptors (Lipinski definition) is 6. The first-order valence-corrected chi connectivity index (χ1v) is 10.7. The number of benzene rings is 2. The summed E-state index contributed by atoms with van der Waals surface area (Å²) in [5.41, 5.74) is 0.319. The van der Waals surface area contributed by atoms with Gasteiger partial charge in [-0.05, 0) is 46.4 Å². The van der Waals surface area contributed by atoms with Gasteiger partial charge < -0.3 is 0 Å². The van der Waals surface area contributed by atoms with Crippen LogP contribution in [0, 0.1) is 5.82 Å². The van der Waals surface area contributed by atoms with Gasteiger partial charge in [-0.15, -0.1) is 11.3 Å². The zero-order valence-corrected chi connectivity index (χ0v) is 16.7. The second-order valence-corrected chi connectivity index (χ2v) is 8.64. The number of rotatable bonds is 5. The number of H-pyrrole nitrogens is 1. The predicted molar refractivity (Wildman–Crippen MR) is 104 cm³/mol. The van der Waals surface area contributed by atoms with E-state index in [1.165, 1.54) is 48.5 Å². The molecule has 0 atom stereocenters. The van der Waals surface area contributed by atoms with E-state index in [1.807, 2.05) is 0 Å². The number of aromatic nitrogens is 3. The van der Waals surface area contributed by atoms with Crippen LogP contribution in [0.25, 0.3) is 16.9 Å². The molecule has 0 aliphatic heterocycles. The van der Waals surface area contributed by atoms with Gasteiger partial charge in [0.15, 0.2) is 5.13 Å². The smallest absolute Gasteiger partial charge is 0.281 e. The van der Waals surface area contributed by atoms with Gasteiger partial charge in [0.25, 0.3) is 0 Å². The van der Waals surface area contributed by atoms with Crippen molar-refractivity contribution in [1.29, 1.82) is 0 Å². The Balaban J connectivity index is 1.67. The van der Waals surface area contributed by atoms with Crippen molar-refractivity contribution in [3.63, 3.8) is 0 Å². The third-order valence-electron chi connectivity index (χ3n) is 3.81. The number of sulfonamides is 1. The van der Waals surface area contributed by atoms with Gasteiger partial charge in [0, 0.05) is 28.1 Å². The molecule has 4 aromatic rings. The summed E-state index contributed by atoms with van der Waals surface area (Å²) in [5, 5.41) is 3.69. The fourth-order valence-corrected chi connectivity index (χ4v) is 4.72. The molecule has 2 aromatic carbocycles. The van der Waals surface area contributed by atoms with E-state index in [0.29, 0.717) is 22.0 Å². The average Bonchev–Trinajstić information content (AvgIpc) is 3.29. The van der Waals surface area contributed by atoms with Crippen LogP contribution in [0.15, 0.2) is 68.3 Å². The van der Waals surface area contributed by atoms with Crippen molar-refractivity contribution in [2.24, 2.45) is 0 Å². The molecule has 8 nitrogen and oxygen atoms in total. The first kappa shape index (κ1) is 19.3. The van der Waals surface area contributed by atoms with Crippen molar-refractivity contribution >= 4 is 38.1 Å². The molecule has 2 N–H and O–H groups in total. The van der Waals surface area contributed by atoms with Crippen molar-refractivity contribution in [1.82, 2.24) is 10.3 Å². The second-order valence-electron chi connectivity index (χ2n) is 5.75. The maximum atomic E-state index is 13.1. The van der Waals surface area contributed by atoms with Crippen LogP contribution in [0.2, 0.25) is 5.02 Å². The van der Waals surface area contributed by atoms with Gasteiger partial charge in [-0.2, -0.15) is 8.42 Å². The minimum absolute atomic E-state index is 0.0348.